The summed E-state index contributed by atoms with van der Waals surface area (Å²) in [7, 11) is 0. The van der Waals surface area contributed by atoms with Crippen molar-refractivity contribution >= 4 is 0 Å². The van der Waals surface area contributed by atoms with Gasteiger partial charge in [0.15, 0.2) is 0 Å². The van der Waals surface area contributed by atoms with Crippen LogP contribution in [0.15, 0.2) is 0 Å². The highest BCUT2D eigenvalue weighted by molar-refractivity contribution is 4.84. The van der Waals surface area contributed by atoms with E-state index < -0.39 is 0 Å². The summed E-state index contributed by atoms with van der Waals surface area (Å²) in [5, 5.41) is 3.37. The second-order valence-electron chi connectivity index (χ2n) is 5.89. The first-order valence-electron chi connectivity index (χ1n) is 5.86. The molecule has 0 bridgehead atoms. The second kappa shape index (κ2) is 3.61. The van der Waals surface area contributed by atoms with Gasteiger partial charge in [-0.25, -0.2) is 0 Å². The van der Waals surface area contributed by atoms with Crippen LogP contribution in [0, 0.1) is 17.3 Å². The van der Waals surface area contributed by atoms with Gasteiger partial charge < -0.3 is 5.32 Å². The fourth-order valence-corrected chi connectivity index (χ4v) is 3.04. The van der Waals surface area contributed by atoms with Gasteiger partial charge in [0.05, 0.1) is 0 Å². The lowest BCUT2D eigenvalue weighted by atomic mass is 9.69. The van der Waals surface area contributed by atoms with Crippen molar-refractivity contribution in [1.29, 1.82) is 0 Å². The largest absolute Gasteiger partial charge is 0.316 e. The lowest BCUT2D eigenvalue weighted by molar-refractivity contribution is 0.144. The summed E-state index contributed by atoms with van der Waals surface area (Å²) in [5.74, 6) is 2.05. The SMILES string of the molecule is CC1(C)CCCC(CC2CNC2)C1. The van der Waals surface area contributed by atoms with Gasteiger partial charge in [0.25, 0.3) is 0 Å². The minimum Gasteiger partial charge on any atom is -0.316 e. The molecule has 0 spiro atoms. The number of hydrogen-bond acceptors (Lipinski definition) is 1. The fraction of sp³-hybridized carbons (Fsp3) is 1.00. The molecule has 0 amide bonds. The van der Waals surface area contributed by atoms with E-state index in [4.69, 9.17) is 0 Å². The molecule has 1 heteroatoms. The van der Waals surface area contributed by atoms with Gasteiger partial charge in [-0.3, -0.25) is 0 Å². The predicted octanol–water partition coefficient (Wildman–Crippen LogP) is 2.81. The van der Waals surface area contributed by atoms with Crippen molar-refractivity contribution in [2.45, 2.75) is 46.0 Å². The first kappa shape index (κ1) is 9.51. The smallest absolute Gasteiger partial charge is 0.000815 e. The van der Waals surface area contributed by atoms with E-state index in [-0.39, 0.29) is 0 Å². The zero-order chi connectivity index (χ0) is 9.31. The maximum Gasteiger partial charge on any atom is -0.000815 e. The topological polar surface area (TPSA) is 12.0 Å². The Morgan fingerprint density at radius 3 is 2.54 bits per heavy atom. The summed E-state index contributed by atoms with van der Waals surface area (Å²) in [6, 6.07) is 0. The molecule has 2 aliphatic rings. The van der Waals surface area contributed by atoms with E-state index in [1.54, 1.807) is 0 Å². The zero-order valence-electron chi connectivity index (χ0n) is 9.10. The molecule has 2 rings (SSSR count). The van der Waals surface area contributed by atoms with Crippen molar-refractivity contribution in [3.05, 3.63) is 0 Å². The lowest BCUT2D eigenvalue weighted by Crippen LogP contribution is -2.43. The van der Waals surface area contributed by atoms with Crippen LogP contribution in [0.3, 0.4) is 0 Å². The van der Waals surface area contributed by atoms with Crippen LogP contribution in [-0.4, -0.2) is 13.1 Å². The van der Waals surface area contributed by atoms with Crippen molar-refractivity contribution < 1.29 is 0 Å². The summed E-state index contributed by atoms with van der Waals surface area (Å²) in [6.07, 6.45) is 7.39. The molecule has 0 aromatic carbocycles. The number of hydrogen-bond donors (Lipinski definition) is 1. The van der Waals surface area contributed by atoms with E-state index in [2.05, 4.69) is 19.2 Å². The van der Waals surface area contributed by atoms with Crippen molar-refractivity contribution in [1.82, 2.24) is 5.32 Å². The molecule has 1 saturated carbocycles. The summed E-state index contributed by atoms with van der Waals surface area (Å²) in [5.41, 5.74) is 0.639. The van der Waals surface area contributed by atoms with Crippen molar-refractivity contribution in [3.63, 3.8) is 0 Å². The standard InChI is InChI=1S/C12H23N/c1-12(2)5-3-4-10(7-12)6-11-8-13-9-11/h10-11,13H,3-9H2,1-2H3. The van der Waals surface area contributed by atoms with E-state index in [0.717, 1.165) is 11.8 Å². The highest BCUT2D eigenvalue weighted by atomic mass is 14.9. The van der Waals surface area contributed by atoms with Crippen molar-refractivity contribution in [2.24, 2.45) is 17.3 Å². The molecule has 2 fully saturated rings. The van der Waals surface area contributed by atoms with Crippen LogP contribution in [0.25, 0.3) is 0 Å². The van der Waals surface area contributed by atoms with E-state index in [1.165, 1.54) is 45.2 Å². The highest BCUT2D eigenvalue weighted by Crippen LogP contribution is 2.41. The average molecular weight is 181 g/mol. The van der Waals surface area contributed by atoms with E-state index in [9.17, 15) is 0 Å². The average Bonchev–Trinajstić information content (AvgIpc) is 1.95. The van der Waals surface area contributed by atoms with E-state index in [0.29, 0.717) is 5.41 Å². The van der Waals surface area contributed by atoms with Gasteiger partial charge in [0.1, 0.15) is 0 Å². The van der Waals surface area contributed by atoms with Crippen LogP contribution in [-0.2, 0) is 0 Å². The summed E-state index contributed by atoms with van der Waals surface area (Å²) < 4.78 is 0. The van der Waals surface area contributed by atoms with Crippen molar-refractivity contribution in [2.75, 3.05) is 13.1 Å². The molecule has 1 nitrogen and oxygen atoms in total. The Labute approximate surface area is 82.3 Å². The van der Waals surface area contributed by atoms with Gasteiger partial charge in [-0.15, -0.1) is 0 Å². The molecule has 13 heavy (non-hydrogen) atoms. The first-order chi connectivity index (χ1) is 6.16. The molecular formula is C12H23N. The Balaban J connectivity index is 1.78. The molecule has 1 N–H and O–H groups in total. The number of nitrogens with one attached hydrogen (secondary N) is 1. The van der Waals surface area contributed by atoms with Gasteiger partial charge in [-0.1, -0.05) is 26.7 Å². The molecule has 1 saturated heterocycles. The van der Waals surface area contributed by atoms with Crippen molar-refractivity contribution in [3.8, 4) is 0 Å². The van der Waals surface area contributed by atoms with E-state index in [1.807, 2.05) is 0 Å². The van der Waals surface area contributed by atoms with Gasteiger partial charge in [-0.2, -0.15) is 0 Å². The van der Waals surface area contributed by atoms with Crippen LogP contribution in [0.4, 0.5) is 0 Å². The van der Waals surface area contributed by atoms with Crippen LogP contribution in [0.5, 0.6) is 0 Å². The third-order valence-corrected chi connectivity index (χ3v) is 3.84. The van der Waals surface area contributed by atoms with Gasteiger partial charge in [0.2, 0.25) is 0 Å². The van der Waals surface area contributed by atoms with Crippen LogP contribution < -0.4 is 5.32 Å². The third kappa shape index (κ3) is 2.46. The Kier molecular flexibility index (Phi) is 2.64. The first-order valence-corrected chi connectivity index (χ1v) is 5.86. The van der Waals surface area contributed by atoms with Crippen LogP contribution in [0.1, 0.15) is 46.0 Å². The van der Waals surface area contributed by atoms with Gasteiger partial charge in [0, 0.05) is 0 Å². The predicted molar refractivity (Wildman–Crippen MR) is 56.7 cm³/mol. The second-order valence-corrected chi connectivity index (χ2v) is 5.89. The molecule has 1 aliphatic heterocycles. The van der Waals surface area contributed by atoms with Crippen LogP contribution in [0.2, 0.25) is 0 Å². The minimum atomic E-state index is 0.639. The summed E-state index contributed by atoms with van der Waals surface area (Å²) >= 11 is 0. The molecule has 1 heterocycles. The molecule has 0 radical (unpaired) electrons. The Morgan fingerprint density at radius 2 is 2.00 bits per heavy atom. The molecular weight excluding hydrogens is 158 g/mol. The quantitative estimate of drug-likeness (QED) is 0.690. The minimum absolute atomic E-state index is 0.639. The molecule has 1 atom stereocenters. The Hall–Kier alpha value is -0.0400. The normalized spacial score (nSPS) is 34.2. The maximum atomic E-state index is 3.37. The molecule has 0 aromatic heterocycles. The van der Waals surface area contributed by atoms with Crippen LogP contribution >= 0.6 is 0 Å². The highest BCUT2D eigenvalue weighted by Gasteiger charge is 2.30. The van der Waals surface area contributed by atoms with Gasteiger partial charge in [-0.05, 0) is 49.6 Å². The Bertz CT molecular complexity index is 170. The molecule has 1 aliphatic carbocycles. The summed E-state index contributed by atoms with van der Waals surface area (Å²) in [6.45, 7) is 7.46. The van der Waals surface area contributed by atoms with Gasteiger partial charge >= 0.3 is 0 Å². The monoisotopic (exact) mass is 181 g/mol. The fourth-order valence-electron chi connectivity index (χ4n) is 3.04. The summed E-state index contributed by atoms with van der Waals surface area (Å²) in [4.78, 5) is 0. The zero-order valence-corrected chi connectivity index (χ0v) is 9.10. The maximum absolute atomic E-state index is 3.37. The number of rotatable bonds is 2. The Morgan fingerprint density at radius 1 is 1.23 bits per heavy atom. The lowest BCUT2D eigenvalue weighted by Gasteiger charge is -2.38. The molecule has 1 unspecified atom stereocenters. The third-order valence-electron chi connectivity index (χ3n) is 3.84. The molecule has 76 valence electrons. The molecule has 0 aromatic rings. The van der Waals surface area contributed by atoms with E-state index >= 15 is 0 Å².